The molecule has 0 radical (unpaired) electrons. The van der Waals surface area contributed by atoms with Gasteiger partial charge >= 0.3 is 0 Å². The third-order valence-corrected chi connectivity index (χ3v) is 2.52. The van der Waals surface area contributed by atoms with Gasteiger partial charge in [-0.15, -0.1) is 0 Å². The minimum absolute atomic E-state index is 0.336. The molecular weight excluding hydrogens is 210 g/mol. The molecule has 1 aromatic carbocycles. The minimum Gasteiger partial charge on any atom is -0.380 e. The van der Waals surface area contributed by atoms with Crippen LogP contribution in [0.4, 0.5) is 0 Å². The summed E-state index contributed by atoms with van der Waals surface area (Å²) in [6.07, 6.45) is 0. The summed E-state index contributed by atoms with van der Waals surface area (Å²) in [5.41, 5.74) is 1.25. The molecule has 0 aliphatic rings. The smallest absolute Gasteiger partial charge is 0.0590 e. The standard InChI is InChI=1S/C12H18ClNO/c1-3-15-9-8-14-10(2)11-4-6-12(13)7-5-11/h4-7,10,14H,3,8-9H2,1-2H3/t10-/m0/s1. The maximum absolute atomic E-state index is 5.82. The van der Waals surface area contributed by atoms with Gasteiger partial charge in [-0.25, -0.2) is 0 Å². The van der Waals surface area contributed by atoms with Crippen LogP contribution >= 0.6 is 11.6 Å². The van der Waals surface area contributed by atoms with Crippen LogP contribution in [0.5, 0.6) is 0 Å². The topological polar surface area (TPSA) is 21.3 Å². The lowest BCUT2D eigenvalue weighted by atomic mass is 10.1. The molecule has 0 fully saturated rings. The number of benzene rings is 1. The Hall–Kier alpha value is -0.570. The highest BCUT2D eigenvalue weighted by atomic mass is 35.5. The summed E-state index contributed by atoms with van der Waals surface area (Å²) >= 11 is 5.82. The Morgan fingerprint density at radius 3 is 2.60 bits per heavy atom. The lowest BCUT2D eigenvalue weighted by Crippen LogP contribution is -2.23. The second-order valence-corrected chi connectivity index (χ2v) is 3.86. The van der Waals surface area contributed by atoms with Gasteiger partial charge in [0.25, 0.3) is 0 Å². The zero-order chi connectivity index (χ0) is 11.1. The van der Waals surface area contributed by atoms with Gasteiger partial charge in [0.15, 0.2) is 0 Å². The summed E-state index contributed by atoms with van der Waals surface area (Å²) in [6.45, 7) is 6.54. The highest BCUT2D eigenvalue weighted by Gasteiger charge is 2.03. The van der Waals surface area contributed by atoms with Crippen molar-refractivity contribution in [1.82, 2.24) is 5.32 Å². The molecule has 1 rings (SSSR count). The van der Waals surface area contributed by atoms with Crippen molar-refractivity contribution in [2.45, 2.75) is 19.9 Å². The van der Waals surface area contributed by atoms with E-state index in [4.69, 9.17) is 16.3 Å². The molecule has 0 spiro atoms. The predicted molar refractivity (Wildman–Crippen MR) is 64.4 cm³/mol. The Morgan fingerprint density at radius 2 is 2.00 bits per heavy atom. The fourth-order valence-corrected chi connectivity index (χ4v) is 1.49. The lowest BCUT2D eigenvalue weighted by molar-refractivity contribution is 0.147. The quantitative estimate of drug-likeness (QED) is 0.755. The Kier molecular flexibility index (Phi) is 5.69. The highest BCUT2D eigenvalue weighted by molar-refractivity contribution is 6.30. The lowest BCUT2D eigenvalue weighted by Gasteiger charge is -2.14. The molecule has 0 unspecified atom stereocenters. The van der Waals surface area contributed by atoms with Crippen LogP contribution in [0, 0.1) is 0 Å². The normalized spacial score (nSPS) is 12.7. The Labute approximate surface area is 96.6 Å². The largest absolute Gasteiger partial charge is 0.380 e. The SMILES string of the molecule is CCOCCN[C@@H](C)c1ccc(Cl)cc1. The van der Waals surface area contributed by atoms with Gasteiger partial charge < -0.3 is 10.1 Å². The van der Waals surface area contributed by atoms with Crippen LogP contribution in [0.2, 0.25) is 5.02 Å². The van der Waals surface area contributed by atoms with Crippen molar-refractivity contribution in [2.24, 2.45) is 0 Å². The Morgan fingerprint density at radius 1 is 1.33 bits per heavy atom. The molecule has 0 heterocycles. The molecule has 0 saturated carbocycles. The van der Waals surface area contributed by atoms with Crippen LogP contribution in [0.15, 0.2) is 24.3 Å². The predicted octanol–water partition coefficient (Wildman–Crippen LogP) is 3.03. The van der Waals surface area contributed by atoms with Crippen molar-refractivity contribution < 1.29 is 4.74 Å². The molecule has 3 heteroatoms. The molecule has 15 heavy (non-hydrogen) atoms. The second kappa shape index (κ2) is 6.83. The Balaban J connectivity index is 2.33. The van der Waals surface area contributed by atoms with Crippen molar-refractivity contribution in [2.75, 3.05) is 19.8 Å². The van der Waals surface area contributed by atoms with Crippen LogP contribution in [-0.4, -0.2) is 19.8 Å². The number of ether oxygens (including phenoxy) is 1. The number of halogens is 1. The average molecular weight is 228 g/mol. The number of rotatable bonds is 6. The molecule has 0 aromatic heterocycles. The molecule has 1 atom stereocenters. The van der Waals surface area contributed by atoms with Gasteiger partial charge in [-0.05, 0) is 31.5 Å². The van der Waals surface area contributed by atoms with E-state index in [0.717, 1.165) is 24.8 Å². The average Bonchev–Trinajstić information content (AvgIpc) is 2.25. The van der Waals surface area contributed by atoms with E-state index in [1.54, 1.807) is 0 Å². The van der Waals surface area contributed by atoms with Crippen molar-refractivity contribution in [3.63, 3.8) is 0 Å². The van der Waals surface area contributed by atoms with Crippen LogP contribution in [0.1, 0.15) is 25.5 Å². The third kappa shape index (κ3) is 4.65. The van der Waals surface area contributed by atoms with Crippen LogP contribution in [0.3, 0.4) is 0 Å². The molecule has 84 valence electrons. The first-order valence-electron chi connectivity index (χ1n) is 5.30. The van der Waals surface area contributed by atoms with E-state index < -0.39 is 0 Å². The fourth-order valence-electron chi connectivity index (χ4n) is 1.36. The summed E-state index contributed by atoms with van der Waals surface area (Å²) < 4.78 is 5.26. The molecule has 0 bridgehead atoms. The monoisotopic (exact) mass is 227 g/mol. The van der Waals surface area contributed by atoms with Crippen LogP contribution in [-0.2, 0) is 4.74 Å². The summed E-state index contributed by atoms with van der Waals surface area (Å²) in [4.78, 5) is 0. The van der Waals surface area contributed by atoms with Gasteiger partial charge in [0, 0.05) is 24.2 Å². The maximum atomic E-state index is 5.82. The molecule has 0 saturated heterocycles. The third-order valence-electron chi connectivity index (χ3n) is 2.27. The van der Waals surface area contributed by atoms with Crippen LogP contribution < -0.4 is 5.32 Å². The number of nitrogens with one attached hydrogen (secondary N) is 1. The first-order chi connectivity index (χ1) is 7.24. The summed E-state index contributed by atoms with van der Waals surface area (Å²) in [7, 11) is 0. The van der Waals surface area contributed by atoms with E-state index in [2.05, 4.69) is 12.2 Å². The van der Waals surface area contributed by atoms with Gasteiger partial charge in [-0.1, -0.05) is 23.7 Å². The molecule has 0 aliphatic carbocycles. The fraction of sp³-hybridized carbons (Fsp3) is 0.500. The van der Waals surface area contributed by atoms with Crippen molar-refractivity contribution in [3.05, 3.63) is 34.9 Å². The van der Waals surface area contributed by atoms with Crippen molar-refractivity contribution in [3.8, 4) is 0 Å². The van der Waals surface area contributed by atoms with E-state index >= 15 is 0 Å². The maximum Gasteiger partial charge on any atom is 0.0590 e. The van der Waals surface area contributed by atoms with Crippen LogP contribution in [0.25, 0.3) is 0 Å². The van der Waals surface area contributed by atoms with Gasteiger partial charge in [0.05, 0.1) is 6.61 Å². The second-order valence-electron chi connectivity index (χ2n) is 3.42. The molecule has 2 nitrogen and oxygen atoms in total. The van der Waals surface area contributed by atoms with Gasteiger partial charge in [-0.3, -0.25) is 0 Å². The molecule has 1 aromatic rings. The van der Waals surface area contributed by atoms with E-state index in [1.807, 2.05) is 31.2 Å². The van der Waals surface area contributed by atoms with E-state index in [-0.39, 0.29) is 0 Å². The summed E-state index contributed by atoms with van der Waals surface area (Å²) in [5.74, 6) is 0. The van der Waals surface area contributed by atoms with Crippen molar-refractivity contribution in [1.29, 1.82) is 0 Å². The van der Waals surface area contributed by atoms with E-state index in [0.29, 0.717) is 6.04 Å². The zero-order valence-corrected chi connectivity index (χ0v) is 10.1. The van der Waals surface area contributed by atoms with Gasteiger partial charge in [0.2, 0.25) is 0 Å². The number of hydrogen-bond donors (Lipinski definition) is 1. The Bertz CT molecular complexity index is 273. The van der Waals surface area contributed by atoms with Crippen molar-refractivity contribution >= 4 is 11.6 Å². The highest BCUT2D eigenvalue weighted by Crippen LogP contribution is 2.15. The molecule has 0 amide bonds. The summed E-state index contributed by atoms with van der Waals surface area (Å²) in [6, 6.07) is 8.25. The van der Waals surface area contributed by atoms with E-state index in [1.165, 1.54) is 5.56 Å². The zero-order valence-electron chi connectivity index (χ0n) is 9.29. The molecule has 0 aliphatic heterocycles. The first-order valence-corrected chi connectivity index (χ1v) is 5.68. The molecular formula is C12H18ClNO. The van der Waals surface area contributed by atoms with Gasteiger partial charge in [-0.2, -0.15) is 0 Å². The summed E-state index contributed by atoms with van der Waals surface area (Å²) in [5, 5.41) is 4.16. The minimum atomic E-state index is 0.336. The van der Waals surface area contributed by atoms with E-state index in [9.17, 15) is 0 Å². The molecule has 1 N–H and O–H groups in total. The van der Waals surface area contributed by atoms with Gasteiger partial charge in [0.1, 0.15) is 0 Å². The first kappa shape index (κ1) is 12.5. The number of hydrogen-bond acceptors (Lipinski definition) is 2.